The molecule has 3 aromatic carbocycles. The van der Waals surface area contributed by atoms with Crippen molar-refractivity contribution in [2.24, 2.45) is 0 Å². The Kier molecular flexibility index (Phi) is 7.67. The minimum atomic E-state index is -1.68. The second kappa shape index (κ2) is 10.4. The number of benzene rings is 3. The molecule has 168 valence electrons. The first-order valence-corrected chi connectivity index (χ1v) is 10.4. The normalized spacial score (nSPS) is 12.1. The predicted molar refractivity (Wildman–Crippen MR) is 118 cm³/mol. The molecule has 0 unspecified atom stereocenters. The third-order valence-electron chi connectivity index (χ3n) is 5.15. The Morgan fingerprint density at radius 2 is 1.62 bits per heavy atom. The summed E-state index contributed by atoms with van der Waals surface area (Å²) in [4.78, 5) is 0. The summed E-state index contributed by atoms with van der Waals surface area (Å²) in [6.45, 7) is 5.48. The van der Waals surface area contributed by atoms with Crippen LogP contribution in [-0.2, 0) is 6.42 Å². The van der Waals surface area contributed by atoms with Gasteiger partial charge in [-0.3, -0.25) is 0 Å². The number of ether oxygens (including phenoxy) is 1. The van der Waals surface area contributed by atoms with Gasteiger partial charge in [-0.15, -0.1) is 0 Å². The molecule has 0 spiro atoms. The van der Waals surface area contributed by atoms with Crippen molar-refractivity contribution in [3.05, 3.63) is 89.3 Å². The zero-order valence-corrected chi connectivity index (χ0v) is 17.7. The maximum Gasteiger partial charge on any atom is 0.175 e. The van der Waals surface area contributed by atoms with Crippen LogP contribution in [0.1, 0.15) is 42.9 Å². The lowest BCUT2D eigenvalue weighted by atomic mass is 10.0. The molecule has 3 aromatic rings. The molecule has 0 bridgehead atoms. The van der Waals surface area contributed by atoms with E-state index in [-0.39, 0.29) is 23.3 Å². The average molecular weight is 446 g/mol. The lowest BCUT2D eigenvalue weighted by molar-refractivity contribution is 0.343. The molecule has 6 heteroatoms. The summed E-state index contributed by atoms with van der Waals surface area (Å²) >= 11 is 0. The zero-order valence-electron chi connectivity index (χ0n) is 17.7. The van der Waals surface area contributed by atoms with E-state index >= 15 is 0 Å². The first kappa shape index (κ1) is 23.5. The van der Waals surface area contributed by atoms with Crippen molar-refractivity contribution < 1.29 is 26.7 Å². The number of rotatable bonds is 9. The van der Waals surface area contributed by atoms with Crippen LogP contribution in [0.3, 0.4) is 0 Å². The number of unbranched alkanes of at least 4 members (excludes halogenated alkanes) is 2. The first-order valence-electron chi connectivity index (χ1n) is 10.4. The lowest BCUT2D eigenvalue weighted by Gasteiger charge is -2.11. The minimum Gasteiger partial charge on any atom is -0.486 e. The van der Waals surface area contributed by atoms with E-state index in [4.69, 9.17) is 4.74 Å². The van der Waals surface area contributed by atoms with E-state index in [1.807, 2.05) is 0 Å². The van der Waals surface area contributed by atoms with Gasteiger partial charge < -0.3 is 4.74 Å². The summed E-state index contributed by atoms with van der Waals surface area (Å²) in [6.07, 6.45) is 5.31. The van der Waals surface area contributed by atoms with E-state index in [0.717, 1.165) is 37.3 Å². The fraction of sp³-hybridized carbons (Fsp3) is 0.231. The maximum absolute atomic E-state index is 14.8. The highest BCUT2D eigenvalue weighted by atomic mass is 19.2. The number of hydrogen-bond donors (Lipinski definition) is 0. The highest BCUT2D eigenvalue weighted by Gasteiger charge is 2.23. The molecule has 0 aliphatic carbocycles. The second-order valence-electron chi connectivity index (χ2n) is 7.41. The van der Waals surface area contributed by atoms with Crippen LogP contribution in [0.2, 0.25) is 0 Å². The molecule has 0 saturated carbocycles. The fourth-order valence-corrected chi connectivity index (χ4v) is 3.42. The van der Waals surface area contributed by atoms with Crippen molar-refractivity contribution in [3.8, 4) is 5.75 Å². The highest BCUT2D eigenvalue weighted by molar-refractivity contribution is 5.91. The van der Waals surface area contributed by atoms with E-state index in [1.54, 1.807) is 12.1 Å². The van der Waals surface area contributed by atoms with Gasteiger partial charge in [0.2, 0.25) is 0 Å². The molecular formula is C26H23F5O. The van der Waals surface area contributed by atoms with E-state index < -0.39 is 40.1 Å². The molecule has 32 heavy (non-hydrogen) atoms. The minimum absolute atomic E-state index is 0.0371. The van der Waals surface area contributed by atoms with Gasteiger partial charge in [0, 0.05) is 5.56 Å². The largest absolute Gasteiger partial charge is 0.486 e. The Bertz CT molecular complexity index is 1150. The standard InChI is InChI=1S/C26H23F5O/c1-3-5-6-7-16-8-10-17(11-9-16)22(27)23(28)19-15-18-12-13-20(32-14-4-2)25(30)21(18)26(31)24(19)29/h4,8-13,15H,2-3,5-7,14H2,1H3. The molecule has 0 saturated heterocycles. The van der Waals surface area contributed by atoms with Crippen LogP contribution in [0.5, 0.6) is 5.75 Å². The van der Waals surface area contributed by atoms with Crippen LogP contribution in [0.15, 0.2) is 55.1 Å². The molecule has 3 rings (SSSR count). The van der Waals surface area contributed by atoms with Crippen molar-refractivity contribution in [2.45, 2.75) is 32.6 Å². The SMILES string of the molecule is C=CCOc1ccc2cc(C(F)=C(F)c3ccc(CCCCC)cc3)c(F)c(F)c2c1F. The van der Waals surface area contributed by atoms with E-state index in [2.05, 4.69) is 13.5 Å². The van der Waals surface area contributed by atoms with Gasteiger partial charge in [-0.25, -0.2) is 22.0 Å². The lowest BCUT2D eigenvalue weighted by Crippen LogP contribution is -2.00. The van der Waals surface area contributed by atoms with Crippen LogP contribution in [0.25, 0.3) is 22.4 Å². The smallest absolute Gasteiger partial charge is 0.175 e. The monoisotopic (exact) mass is 446 g/mol. The highest BCUT2D eigenvalue weighted by Crippen LogP contribution is 2.36. The van der Waals surface area contributed by atoms with Gasteiger partial charge in [-0.2, -0.15) is 0 Å². The Hall–Kier alpha value is -3.15. The number of hydrogen-bond acceptors (Lipinski definition) is 1. The number of halogens is 5. The van der Waals surface area contributed by atoms with Gasteiger partial charge in [0.05, 0.1) is 10.9 Å². The molecule has 0 aliphatic rings. The Morgan fingerprint density at radius 1 is 0.906 bits per heavy atom. The summed E-state index contributed by atoms with van der Waals surface area (Å²) < 4.78 is 78.5. The molecule has 0 fully saturated rings. The third-order valence-corrected chi connectivity index (χ3v) is 5.15. The molecule has 1 nitrogen and oxygen atoms in total. The summed E-state index contributed by atoms with van der Waals surface area (Å²) in [7, 11) is 0. The maximum atomic E-state index is 14.8. The summed E-state index contributed by atoms with van der Waals surface area (Å²) in [5.41, 5.74) is -0.0389. The van der Waals surface area contributed by atoms with Crippen molar-refractivity contribution >= 4 is 22.4 Å². The van der Waals surface area contributed by atoms with Crippen LogP contribution in [0.4, 0.5) is 22.0 Å². The summed E-state index contributed by atoms with van der Waals surface area (Å²) in [5, 5.41) is -0.825. The molecule has 0 atom stereocenters. The van der Waals surface area contributed by atoms with Gasteiger partial charge in [0.15, 0.2) is 34.9 Å². The van der Waals surface area contributed by atoms with Crippen LogP contribution in [0, 0.1) is 17.5 Å². The van der Waals surface area contributed by atoms with Gasteiger partial charge in [-0.05, 0) is 35.9 Å². The van der Waals surface area contributed by atoms with E-state index in [0.29, 0.717) is 0 Å². The fourth-order valence-electron chi connectivity index (χ4n) is 3.42. The van der Waals surface area contributed by atoms with Gasteiger partial charge in [0.25, 0.3) is 0 Å². The summed E-state index contributed by atoms with van der Waals surface area (Å²) in [5.74, 6) is -7.61. The van der Waals surface area contributed by atoms with Crippen LogP contribution in [-0.4, -0.2) is 6.61 Å². The van der Waals surface area contributed by atoms with Crippen molar-refractivity contribution in [3.63, 3.8) is 0 Å². The Balaban J connectivity index is 1.99. The molecule has 0 N–H and O–H groups in total. The molecule has 0 heterocycles. The quantitative estimate of drug-likeness (QED) is 0.139. The topological polar surface area (TPSA) is 9.23 Å². The Labute approximate surface area is 183 Å². The average Bonchev–Trinajstić information content (AvgIpc) is 2.80. The van der Waals surface area contributed by atoms with Gasteiger partial charge >= 0.3 is 0 Å². The number of aryl methyl sites for hydroxylation is 1. The van der Waals surface area contributed by atoms with Crippen molar-refractivity contribution in [1.29, 1.82) is 0 Å². The molecule has 0 aliphatic heterocycles. The van der Waals surface area contributed by atoms with Crippen molar-refractivity contribution in [1.82, 2.24) is 0 Å². The first-order chi connectivity index (χ1) is 15.4. The third kappa shape index (κ3) is 4.85. The molecular weight excluding hydrogens is 423 g/mol. The molecule has 0 radical (unpaired) electrons. The van der Waals surface area contributed by atoms with Gasteiger partial charge in [-0.1, -0.05) is 62.8 Å². The zero-order chi connectivity index (χ0) is 23.3. The van der Waals surface area contributed by atoms with Crippen molar-refractivity contribution in [2.75, 3.05) is 6.61 Å². The van der Waals surface area contributed by atoms with Crippen LogP contribution < -0.4 is 4.74 Å². The Morgan fingerprint density at radius 3 is 2.28 bits per heavy atom. The van der Waals surface area contributed by atoms with Gasteiger partial charge in [0.1, 0.15) is 6.61 Å². The summed E-state index contributed by atoms with van der Waals surface area (Å²) in [6, 6.07) is 9.48. The molecule has 0 amide bonds. The second-order valence-corrected chi connectivity index (χ2v) is 7.41. The van der Waals surface area contributed by atoms with Crippen LogP contribution >= 0.6 is 0 Å². The van der Waals surface area contributed by atoms with E-state index in [9.17, 15) is 22.0 Å². The molecule has 0 aromatic heterocycles. The predicted octanol–water partition coefficient (Wildman–Crippen LogP) is 8.32. The number of fused-ring (bicyclic) bond motifs is 1. The van der Waals surface area contributed by atoms with E-state index in [1.165, 1.54) is 30.3 Å².